The lowest BCUT2D eigenvalue weighted by Crippen LogP contribution is -1.93. The number of hydrogen-bond acceptors (Lipinski definition) is 1. The fourth-order valence-electron chi connectivity index (χ4n) is 2.47. The van der Waals surface area contributed by atoms with Gasteiger partial charge in [0.15, 0.2) is 0 Å². The van der Waals surface area contributed by atoms with Gasteiger partial charge in [-0.15, -0.1) is 0 Å². The van der Waals surface area contributed by atoms with Crippen LogP contribution in [0.5, 0.6) is 0 Å². The molecule has 0 bridgehead atoms. The van der Waals surface area contributed by atoms with Crippen LogP contribution >= 0.6 is 0 Å². The van der Waals surface area contributed by atoms with Gasteiger partial charge in [-0.05, 0) is 48.6 Å². The van der Waals surface area contributed by atoms with E-state index in [0.717, 1.165) is 23.4 Å². The van der Waals surface area contributed by atoms with E-state index in [2.05, 4.69) is 12.1 Å². The Morgan fingerprint density at radius 1 is 1.15 bits per heavy atom. The third kappa shape index (κ3) is 1.23. The molecule has 0 amide bonds. The Morgan fingerprint density at radius 2 is 1.92 bits per heavy atom. The maximum Gasteiger partial charge on any atom is 0.0349 e. The van der Waals surface area contributed by atoms with Crippen molar-refractivity contribution in [3.63, 3.8) is 0 Å². The van der Waals surface area contributed by atoms with Crippen molar-refractivity contribution in [1.29, 1.82) is 0 Å². The molecule has 1 nitrogen and oxygen atoms in total. The van der Waals surface area contributed by atoms with Crippen LogP contribution in [0.1, 0.15) is 30.7 Å². The number of nitrogens with two attached hydrogens (primary N) is 1. The van der Waals surface area contributed by atoms with Crippen molar-refractivity contribution in [2.75, 3.05) is 5.73 Å². The van der Waals surface area contributed by atoms with Crippen LogP contribution in [0.4, 0.5) is 5.69 Å². The number of benzene rings is 1. The smallest absolute Gasteiger partial charge is 0.0349 e. The lowest BCUT2D eigenvalue weighted by atomic mass is 10.1. The molecule has 0 unspecified atom stereocenters. The first-order chi connectivity index (χ1) is 6.36. The predicted octanol–water partition coefficient (Wildman–Crippen LogP) is 2.78. The topological polar surface area (TPSA) is 26.0 Å². The van der Waals surface area contributed by atoms with Gasteiger partial charge in [0, 0.05) is 5.69 Å². The molecule has 1 aromatic carbocycles. The van der Waals surface area contributed by atoms with Crippen LogP contribution < -0.4 is 5.73 Å². The molecule has 0 aliphatic heterocycles. The summed E-state index contributed by atoms with van der Waals surface area (Å²) in [5, 5.41) is 0. The van der Waals surface area contributed by atoms with Crippen LogP contribution in [-0.2, 0) is 0 Å². The number of rotatable bonds is 2. The summed E-state index contributed by atoms with van der Waals surface area (Å²) in [7, 11) is 0. The molecule has 68 valence electrons. The van der Waals surface area contributed by atoms with E-state index in [1.54, 1.807) is 0 Å². The fraction of sp³-hybridized carbons (Fsp3) is 0.500. The molecule has 2 aliphatic rings. The Bertz CT molecular complexity index is 328. The van der Waals surface area contributed by atoms with Crippen molar-refractivity contribution in [2.24, 2.45) is 11.8 Å². The summed E-state index contributed by atoms with van der Waals surface area (Å²) in [6.45, 7) is 0. The van der Waals surface area contributed by atoms with Crippen molar-refractivity contribution in [2.45, 2.75) is 25.2 Å². The highest BCUT2D eigenvalue weighted by atomic mass is 14.6. The highest BCUT2D eigenvalue weighted by molar-refractivity contribution is 5.50. The van der Waals surface area contributed by atoms with Gasteiger partial charge in [-0.3, -0.25) is 0 Å². The van der Waals surface area contributed by atoms with E-state index in [4.69, 9.17) is 5.73 Å². The first-order valence-electron chi connectivity index (χ1n) is 5.20. The van der Waals surface area contributed by atoms with Crippen LogP contribution in [0.2, 0.25) is 0 Å². The van der Waals surface area contributed by atoms with Gasteiger partial charge < -0.3 is 5.73 Å². The summed E-state index contributed by atoms with van der Waals surface area (Å²) < 4.78 is 0. The molecule has 3 rings (SSSR count). The van der Waals surface area contributed by atoms with Crippen LogP contribution in [-0.4, -0.2) is 0 Å². The number of anilines is 1. The monoisotopic (exact) mass is 173 g/mol. The number of nitrogen functional groups attached to an aromatic ring is 1. The second-order valence-corrected chi connectivity index (χ2v) is 4.47. The molecule has 0 heterocycles. The summed E-state index contributed by atoms with van der Waals surface area (Å²) in [6.07, 6.45) is 4.32. The lowest BCUT2D eigenvalue weighted by Gasteiger charge is -2.03. The molecule has 2 N–H and O–H groups in total. The van der Waals surface area contributed by atoms with Gasteiger partial charge in [-0.2, -0.15) is 0 Å². The first-order valence-corrected chi connectivity index (χ1v) is 5.20. The Morgan fingerprint density at radius 3 is 2.62 bits per heavy atom. The average molecular weight is 173 g/mol. The van der Waals surface area contributed by atoms with Crippen LogP contribution in [0, 0.1) is 11.8 Å². The highest BCUT2D eigenvalue weighted by Gasteiger charge is 2.48. The van der Waals surface area contributed by atoms with E-state index < -0.39 is 0 Å². The van der Waals surface area contributed by atoms with Crippen LogP contribution in [0.25, 0.3) is 0 Å². The van der Waals surface area contributed by atoms with Gasteiger partial charge in [0.1, 0.15) is 0 Å². The third-order valence-corrected chi connectivity index (χ3v) is 3.46. The molecule has 2 saturated carbocycles. The minimum Gasteiger partial charge on any atom is -0.398 e. The Hall–Kier alpha value is -0.980. The maximum absolute atomic E-state index is 5.94. The number of para-hydroxylation sites is 1. The molecule has 0 saturated heterocycles. The van der Waals surface area contributed by atoms with Gasteiger partial charge in [0.05, 0.1) is 0 Å². The second kappa shape index (κ2) is 2.50. The normalized spacial score (nSPS) is 31.7. The minimum absolute atomic E-state index is 0.800. The molecule has 1 heteroatoms. The van der Waals surface area contributed by atoms with Crippen molar-refractivity contribution in [3.8, 4) is 0 Å². The third-order valence-electron chi connectivity index (χ3n) is 3.46. The number of hydrogen-bond donors (Lipinski definition) is 1. The Kier molecular flexibility index (Phi) is 1.43. The van der Waals surface area contributed by atoms with Crippen molar-refractivity contribution in [1.82, 2.24) is 0 Å². The summed E-state index contributed by atoms with van der Waals surface area (Å²) >= 11 is 0. The molecular formula is C12H15N. The molecule has 2 aliphatic carbocycles. The first kappa shape index (κ1) is 7.43. The zero-order valence-electron chi connectivity index (χ0n) is 7.74. The zero-order valence-corrected chi connectivity index (χ0v) is 7.74. The second-order valence-electron chi connectivity index (χ2n) is 4.47. The van der Waals surface area contributed by atoms with Crippen LogP contribution in [0.3, 0.4) is 0 Å². The summed E-state index contributed by atoms with van der Waals surface area (Å²) in [6, 6.07) is 8.35. The van der Waals surface area contributed by atoms with E-state index in [1.807, 2.05) is 12.1 Å². The van der Waals surface area contributed by atoms with Crippen molar-refractivity contribution < 1.29 is 0 Å². The van der Waals surface area contributed by atoms with Crippen LogP contribution in [0.15, 0.2) is 24.3 Å². The summed E-state index contributed by atoms with van der Waals surface area (Å²) in [5.74, 6) is 2.82. The zero-order chi connectivity index (χ0) is 8.84. The lowest BCUT2D eigenvalue weighted by molar-refractivity contribution is 0.691. The van der Waals surface area contributed by atoms with E-state index >= 15 is 0 Å². The summed E-state index contributed by atoms with van der Waals surface area (Å²) in [4.78, 5) is 0. The fourth-order valence-corrected chi connectivity index (χ4v) is 2.47. The maximum atomic E-state index is 5.94. The molecular weight excluding hydrogens is 158 g/mol. The SMILES string of the molecule is Nc1ccccc1[C@H]1C[C@H]1C1CC1. The molecule has 1 aromatic rings. The van der Waals surface area contributed by atoms with E-state index in [0.29, 0.717) is 0 Å². The van der Waals surface area contributed by atoms with E-state index in [-0.39, 0.29) is 0 Å². The largest absolute Gasteiger partial charge is 0.398 e. The Balaban J connectivity index is 1.82. The van der Waals surface area contributed by atoms with E-state index in [1.165, 1.54) is 24.8 Å². The van der Waals surface area contributed by atoms with Crippen molar-refractivity contribution in [3.05, 3.63) is 29.8 Å². The molecule has 2 atom stereocenters. The standard InChI is InChI=1S/C12H15N/c13-12-4-2-1-3-9(12)11-7-10(11)8-5-6-8/h1-4,8,10-11H,5-7,13H2/t10-,11+/m0/s1. The average Bonchev–Trinajstić information content (AvgIpc) is 3.00. The van der Waals surface area contributed by atoms with Crippen molar-refractivity contribution >= 4 is 5.69 Å². The quantitative estimate of drug-likeness (QED) is 0.684. The van der Waals surface area contributed by atoms with E-state index in [9.17, 15) is 0 Å². The molecule has 0 aromatic heterocycles. The van der Waals surface area contributed by atoms with Gasteiger partial charge in [-0.25, -0.2) is 0 Å². The minimum atomic E-state index is 0.800. The molecule has 0 radical (unpaired) electrons. The Labute approximate surface area is 78.9 Å². The summed E-state index contributed by atoms with van der Waals surface area (Å²) in [5.41, 5.74) is 8.34. The van der Waals surface area contributed by atoms with Gasteiger partial charge in [0.2, 0.25) is 0 Å². The molecule has 0 spiro atoms. The molecule has 2 fully saturated rings. The predicted molar refractivity (Wildman–Crippen MR) is 54.4 cm³/mol. The van der Waals surface area contributed by atoms with Gasteiger partial charge in [0.25, 0.3) is 0 Å². The highest BCUT2D eigenvalue weighted by Crippen LogP contribution is 2.59. The van der Waals surface area contributed by atoms with Gasteiger partial charge in [-0.1, -0.05) is 18.2 Å². The molecule has 13 heavy (non-hydrogen) atoms. The van der Waals surface area contributed by atoms with Gasteiger partial charge >= 0.3 is 0 Å².